The minimum Gasteiger partial charge on any atom is -0.496 e. The first-order valence-corrected chi connectivity index (χ1v) is 11.3. The van der Waals surface area contributed by atoms with Gasteiger partial charge in [-0.25, -0.2) is 0 Å². The van der Waals surface area contributed by atoms with Crippen LogP contribution in [0.5, 0.6) is 17.2 Å². The largest absolute Gasteiger partial charge is 0.496 e. The zero-order chi connectivity index (χ0) is 24.7. The summed E-state index contributed by atoms with van der Waals surface area (Å²) in [6.07, 6.45) is 4.24. The van der Waals surface area contributed by atoms with Crippen LogP contribution in [0.25, 0.3) is 27.7 Å². The van der Waals surface area contributed by atoms with Crippen molar-refractivity contribution in [3.63, 3.8) is 0 Å². The zero-order valence-electron chi connectivity index (χ0n) is 20.7. The average molecular weight is 468 g/mol. The van der Waals surface area contributed by atoms with Crippen LogP contribution < -0.4 is 19.5 Å². The molecule has 182 valence electrons. The number of hydrogen-bond acceptors (Lipinski definition) is 6. The lowest BCUT2D eigenvalue weighted by molar-refractivity contribution is -0.116. The SMILES string of the molecule is COc1ccc(-c2coc3cc(OC)c(/C(C)=C/C(=O)NCCCOC(C)C)cc23)cc1OC. The Hall–Kier alpha value is -3.45. The molecule has 3 aromatic rings. The van der Waals surface area contributed by atoms with E-state index in [1.807, 2.05) is 51.1 Å². The van der Waals surface area contributed by atoms with Gasteiger partial charge in [-0.2, -0.15) is 0 Å². The Morgan fingerprint density at radius 2 is 1.76 bits per heavy atom. The summed E-state index contributed by atoms with van der Waals surface area (Å²) in [6.45, 7) is 7.04. The summed E-state index contributed by atoms with van der Waals surface area (Å²) in [5.74, 6) is 1.76. The van der Waals surface area contributed by atoms with Crippen molar-refractivity contribution < 1.29 is 28.2 Å². The maximum absolute atomic E-state index is 12.4. The molecular formula is C27H33NO6. The number of hydrogen-bond donors (Lipinski definition) is 1. The Kier molecular flexibility index (Phi) is 8.60. The van der Waals surface area contributed by atoms with Crippen molar-refractivity contribution in [2.75, 3.05) is 34.5 Å². The van der Waals surface area contributed by atoms with Crippen LogP contribution in [0.3, 0.4) is 0 Å². The van der Waals surface area contributed by atoms with Crippen LogP contribution in [0.4, 0.5) is 0 Å². The number of nitrogens with one attached hydrogen (secondary N) is 1. The summed E-state index contributed by atoms with van der Waals surface area (Å²) >= 11 is 0. The predicted molar refractivity (Wildman–Crippen MR) is 134 cm³/mol. The minimum atomic E-state index is -0.156. The summed E-state index contributed by atoms with van der Waals surface area (Å²) < 4.78 is 27.7. The minimum absolute atomic E-state index is 0.156. The van der Waals surface area contributed by atoms with E-state index >= 15 is 0 Å². The van der Waals surface area contributed by atoms with Crippen molar-refractivity contribution in [3.8, 4) is 28.4 Å². The van der Waals surface area contributed by atoms with Gasteiger partial charge < -0.3 is 28.7 Å². The Morgan fingerprint density at radius 3 is 2.44 bits per heavy atom. The highest BCUT2D eigenvalue weighted by molar-refractivity contribution is 6.00. The highest BCUT2D eigenvalue weighted by Gasteiger charge is 2.16. The van der Waals surface area contributed by atoms with Gasteiger partial charge in [-0.1, -0.05) is 6.07 Å². The van der Waals surface area contributed by atoms with Gasteiger partial charge in [0.2, 0.25) is 5.91 Å². The maximum atomic E-state index is 12.4. The molecule has 7 nitrogen and oxygen atoms in total. The number of amides is 1. The Balaban J connectivity index is 1.88. The number of fused-ring (bicyclic) bond motifs is 1. The van der Waals surface area contributed by atoms with Gasteiger partial charge in [0.05, 0.1) is 33.7 Å². The molecule has 0 aliphatic carbocycles. The van der Waals surface area contributed by atoms with E-state index in [4.69, 9.17) is 23.4 Å². The number of rotatable bonds is 11. The molecular weight excluding hydrogens is 434 g/mol. The molecule has 34 heavy (non-hydrogen) atoms. The molecule has 1 N–H and O–H groups in total. The number of carbonyl (C=O) groups is 1. The molecule has 0 saturated carbocycles. The quantitative estimate of drug-likeness (QED) is 0.298. The smallest absolute Gasteiger partial charge is 0.244 e. The van der Waals surface area contributed by atoms with Gasteiger partial charge in [-0.3, -0.25) is 4.79 Å². The van der Waals surface area contributed by atoms with Crippen LogP contribution in [0.2, 0.25) is 0 Å². The van der Waals surface area contributed by atoms with Gasteiger partial charge in [0, 0.05) is 41.8 Å². The third kappa shape index (κ3) is 5.91. The molecule has 0 atom stereocenters. The molecule has 0 aliphatic heterocycles. The summed E-state index contributed by atoms with van der Waals surface area (Å²) in [7, 11) is 4.81. The van der Waals surface area contributed by atoms with Crippen LogP contribution in [0.1, 0.15) is 32.8 Å². The van der Waals surface area contributed by atoms with E-state index in [0.717, 1.165) is 34.1 Å². The molecule has 0 saturated heterocycles. The van der Waals surface area contributed by atoms with E-state index in [9.17, 15) is 4.79 Å². The lowest BCUT2D eigenvalue weighted by atomic mass is 9.99. The molecule has 0 fully saturated rings. The second-order valence-electron chi connectivity index (χ2n) is 8.16. The number of methoxy groups -OCH3 is 3. The first-order chi connectivity index (χ1) is 16.4. The third-order valence-electron chi connectivity index (χ3n) is 5.43. The van der Waals surface area contributed by atoms with Crippen LogP contribution in [0.15, 0.2) is 47.1 Å². The van der Waals surface area contributed by atoms with Gasteiger partial charge in [0.15, 0.2) is 11.5 Å². The maximum Gasteiger partial charge on any atom is 0.244 e. The topological polar surface area (TPSA) is 79.2 Å². The normalized spacial score (nSPS) is 11.7. The standard InChI is InChI=1S/C27H33NO6/c1-17(2)33-11-7-10-28-27(29)12-18(3)20-14-21-22(16-34-25(21)15-24(20)31-5)19-8-9-23(30-4)26(13-19)32-6/h8-9,12-17H,7,10-11H2,1-6H3,(H,28,29)/b18-12+. The monoisotopic (exact) mass is 467 g/mol. The van der Waals surface area contributed by atoms with Crippen LogP contribution >= 0.6 is 0 Å². The van der Waals surface area contributed by atoms with Crippen molar-refractivity contribution in [3.05, 3.63) is 48.2 Å². The van der Waals surface area contributed by atoms with Crippen molar-refractivity contribution in [2.24, 2.45) is 0 Å². The van der Waals surface area contributed by atoms with Crippen molar-refractivity contribution in [2.45, 2.75) is 33.3 Å². The lowest BCUT2D eigenvalue weighted by Gasteiger charge is -2.11. The second-order valence-corrected chi connectivity index (χ2v) is 8.16. The third-order valence-corrected chi connectivity index (χ3v) is 5.43. The number of allylic oxidation sites excluding steroid dienone is 1. The van der Waals surface area contributed by atoms with Crippen LogP contribution in [-0.4, -0.2) is 46.5 Å². The molecule has 3 rings (SSSR count). The molecule has 0 bridgehead atoms. The lowest BCUT2D eigenvalue weighted by Crippen LogP contribution is -2.23. The van der Waals surface area contributed by atoms with E-state index in [1.54, 1.807) is 33.7 Å². The second kappa shape index (κ2) is 11.6. The van der Waals surface area contributed by atoms with E-state index in [2.05, 4.69) is 5.32 Å². The fourth-order valence-electron chi connectivity index (χ4n) is 3.69. The molecule has 1 amide bonds. The van der Waals surface area contributed by atoms with Crippen LogP contribution in [-0.2, 0) is 9.53 Å². The summed E-state index contributed by atoms with van der Waals surface area (Å²) in [5, 5.41) is 3.81. The molecule has 7 heteroatoms. The Labute approximate surface area is 200 Å². The first-order valence-electron chi connectivity index (χ1n) is 11.3. The highest BCUT2D eigenvalue weighted by Crippen LogP contribution is 2.39. The number of benzene rings is 2. The van der Waals surface area contributed by atoms with Crippen LogP contribution in [0, 0.1) is 0 Å². The molecule has 1 heterocycles. The van der Waals surface area contributed by atoms with E-state index < -0.39 is 0 Å². The summed E-state index contributed by atoms with van der Waals surface area (Å²) in [6, 6.07) is 9.55. The molecule has 0 aliphatic rings. The predicted octanol–water partition coefficient (Wildman–Crippen LogP) is 5.46. The Bertz CT molecular complexity index is 1160. The zero-order valence-corrected chi connectivity index (χ0v) is 20.7. The van der Waals surface area contributed by atoms with Crippen molar-refractivity contribution >= 4 is 22.4 Å². The molecule has 1 aromatic heterocycles. The van der Waals surface area contributed by atoms with Gasteiger partial charge in [-0.15, -0.1) is 0 Å². The molecule has 0 unspecified atom stereocenters. The van der Waals surface area contributed by atoms with Crippen molar-refractivity contribution in [1.82, 2.24) is 5.32 Å². The average Bonchev–Trinajstić information content (AvgIpc) is 3.25. The van der Waals surface area contributed by atoms with E-state index in [0.29, 0.717) is 36.0 Å². The first kappa shape index (κ1) is 25.2. The number of ether oxygens (including phenoxy) is 4. The van der Waals surface area contributed by atoms with Gasteiger partial charge in [0.1, 0.15) is 11.3 Å². The molecule has 0 radical (unpaired) electrons. The fraction of sp³-hybridized carbons (Fsp3) is 0.370. The van der Waals surface area contributed by atoms with Crippen molar-refractivity contribution in [1.29, 1.82) is 0 Å². The highest BCUT2D eigenvalue weighted by atomic mass is 16.5. The fourth-order valence-corrected chi connectivity index (χ4v) is 3.69. The molecule has 2 aromatic carbocycles. The number of carbonyl (C=O) groups excluding carboxylic acids is 1. The number of furan rings is 1. The van der Waals surface area contributed by atoms with E-state index in [1.165, 1.54) is 0 Å². The van der Waals surface area contributed by atoms with Gasteiger partial charge >= 0.3 is 0 Å². The van der Waals surface area contributed by atoms with E-state index in [-0.39, 0.29) is 12.0 Å². The summed E-state index contributed by atoms with van der Waals surface area (Å²) in [5.41, 5.74) is 4.12. The van der Waals surface area contributed by atoms with Gasteiger partial charge in [0.25, 0.3) is 0 Å². The summed E-state index contributed by atoms with van der Waals surface area (Å²) in [4.78, 5) is 12.4. The van der Waals surface area contributed by atoms with Gasteiger partial charge in [-0.05, 0) is 56.5 Å². The Morgan fingerprint density at radius 1 is 1.03 bits per heavy atom. The molecule has 0 spiro atoms.